The molecule has 1 N–H and O–H groups in total. The predicted octanol–water partition coefficient (Wildman–Crippen LogP) is 1.81. The zero-order chi connectivity index (χ0) is 15.2. The molecule has 0 saturated carbocycles. The van der Waals surface area contributed by atoms with Gasteiger partial charge in [0.15, 0.2) is 0 Å². The fourth-order valence-electron chi connectivity index (χ4n) is 3.10. The second kappa shape index (κ2) is 7.99. The number of nitrogens with one attached hydrogen (secondary N) is 1. The number of hydrogen-bond acceptors (Lipinski definition) is 3. The summed E-state index contributed by atoms with van der Waals surface area (Å²) in [5, 5.41) is 3.39. The van der Waals surface area contributed by atoms with E-state index < -0.39 is 0 Å². The molecule has 1 amide bonds. The van der Waals surface area contributed by atoms with Crippen molar-refractivity contribution in [2.75, 3.05) is 46.8 Å². The van der Waals surface area contributed by atoms with Gasteiger partial charge in [-0.3, -0.25) is 4.79 Å². The van der Waals surface area contributed by atoms with E-state index in [1.165, 1.54) is 0 Å². The van der Waals surface area contributed by atoms with Gasteiger partial charge in [-0.05, 0) is 39.4 Å². The molecule has 1 unspecified atom stereocenters. The van der Waals surface area contributed by atoms with Gasteiger partial charge in [0.2, 0.25) is 5.91 Å². The lowest BCUT2D eigenvalue weighted by Crippen LogP contribution is -2.48. The van der Waals surface area contributed by atoms with E-state index in [1.807, 2.05) is 0 Å². The summed E-state index contributed by atoms with van der Waals surface area (Å²) in [5.74, 6) is 0.897. The number of rotatable bonds is 8. The molecule has 0 aromatic carbocycles. The van der Waals surface area contributed by atoms with Gasteiger partial charge in [-0.1, -0.05) is 27.2 Å². The number of nitrogens with zero attached hydrogens (tertiary/aromatic N) is 2. The van der Waals surface area contributed by atoms with Crippen LogP contribution in [0.3, 0.4) is 0 Å². The molecule has 1 saturated heterocycles. The fourth-order valence-corrected chi connectivity index (χ4v) is 3.10. The van der Waals surface area contributed by atoms with E-state index in [1.54, 1.807) is 0 Å². The van der Waals surface area contributed by atoms with Gasteiger partial charge in [-0.15, -0.1) is 0 Å². The summed E-state index contributed by atoms with van der Waals surface area (Å²) in [5.41, 5.74) is -0.143. The smallest absolute Gasteiger partial charge is 0.230 e. The molecule has 118 valence electrons. The quantitative estimate of drug-likeness (QED) is 0.738. The molecule has 1 fully saturated rings. The number of likely N-dealkylation sites (N-methyl/N-ethyl adjacent to an activating group) is 1. The maximum Gasteiger partial charge on any atom is 0.230 e. The molecule has 1 rings (SSSR count). The normalized spacial score (nSPS) is 22.8. The summed E-state index contributed by atoms with van der Waals surface area (Å²) in [6.07, 6.45) is 3.09. The first-order chi connectivity index (χ1) is 9.41. The first-order valence-electron chi connectivity index (χ1n) is 8.06. The molecule has 0 spiro atoms. The first kappa shape index (κ1) is 17.4. The Morgan fingerprint density at radius 3 is 2.45 bits per heavy atom. The third-order valence-corrected chi connectivity index (χ3v) is 4.12. The van der Waals surface area contributed by atoms with Gasteiger partial charge in [0, 0.05) is 26.2 Å². The molecule has 1 atom stereocenters. The van der Waals surface area contributed by atoms with E-state index in [-0.39, 0.29) is 5.41 Å². The average molecular weight is 283 g/mol. The highest BCUT2D eigenvalue weighted by atomic mass is 16.2. The standard InChI is InChI=1S/C16H33N3O/c1-6-7-16(8-9-17-13-16)15(20)19(12-14(2)3)11-10-18(4)5/h14,17H,6-13H2,1-5H3. The lowest BCUT2D eigenvalue weighted by molar-refractivity contribution is -0.142. The zero-order valence-electron chi connectivity index (χ0n) is 14.0. The number of hydrogen-bond donors (Lipinski definition) is 1. The molecule has 4 nitrogen and oxygen atoms in total. The predicted molar refractivity (Wildman–Crippen MR) is 84.8 cm³/mol. The Kier molecular flexibility index (Phi) is 6.96. The van der Waals surface area contributed by atoms with Crippen molar-refractivity contribution in [3.8, 4) is 0 Å². The maximum absolute atomic E-state index is 13.1. The molecule has 1 heterocycles. The Hall–Kier alpha value is -0.610. The van der Waals surface area contributed by atoms with Crippen LogP contribution in [0.15, 0.2) is 0 Å². The first-order valence-corrected chi connectivity index (χ1v) is 8.06. The molecule has 0 radical (unpaired) electrons. The molecular formula is C16H33N3O. The molecule has 4 heteroatoms. The molecule has 0 aliphatic carbocycles. The van der Waals surface area contributed by atoms with Crippen molar-refractivity contribution in [2.24, 2.45) is 11.3 Å². The Balaban J connectivity index is 2.78. The Morgan fingerprint density at radius 2 is 2.00 bits per heavy atom. The minimum atomic E-state index is -0.143. The number of carbonyl (C=O) groups excluding carboxylic acids is 1. The highest BCUT2D eigenvalue weighted by molar-refractivity contribution is 5.83. The SMILES string of the molecule is CCCC1(C(=O)N(CCN(C)C)CC(C)C)CCNC1. The molecule has 0 aromatic heterocycles. The van der Waals surface area contributed by atoms with Crippen LogP contribution >= 0.6 is 0 Å². The number of carbonyl (C=O) groups is 1. The Labute approximate surface area is 124 Å². The summed E-state index contributed by atoms with van der Waals surface area (Å²) in [7, 11) is 4.13. The van der Waals surface area contributed by atoms with E-state index in [2.05, 4.69) is 50.0 Å². The van der Waals surface area contributed by atoms with E-state index in [4.69, 9.17) is 0 Å². The lowest BCUT2D eigenvalue weighted by atomic mass is 9.81. The molecule has 0 bridgehead atoms. The van der Waals surface area contributed by atoms with Crippen molar-refractivity contribution in [1.29, 1.82) is 0 Å². The summed E-state index contributed by atoms with van der Waals surface area (Å²) < 4.78 is 0. The molecule has 1 aliphatic heterocycles. The van der Waals surface area contributed by atoms with Crippen LogP contribution < -0.4 is 5.32 Å². The third kappa shape index (κ3) is 4.74. The summed E-state index contributed by atoms with van der Waals surface area (Å²) in [6.45, 7) is 11.1. The van der Waals surface area contributed by atoms with Crippen molar-refractivity contribution in [1.82, 2.24) is 15.1 Å². The summed E-state index contributed by atoms with van der Waals surface area (Å²) in [6, 6.07) is 0. The Bertz CT molecular complexity index is 296. The highest BCUT2D eigenvalue weighted by Crippen LogP contribution is 2.33. The van der Waals surface area contributed by atoms with Crippen LogP contribution in [0.4, 0.5) is 0 Å². The zero-order valence-corrected chi connectivity index (χ0v) is 14.0. The van der Waals surface area contributed by atoms with Gasteiger partial charge >= 0.3 is 0 Å². The van der Waals surface area contributed by atoms with E-state index in [0.717, 1.165) is 52.0 Å². The lowest BCUT2D eigenvalue weighted by Gasteiger charge is -2.35. The maximum atomic E-state index is 13.1. The minimum absolute atomic E-state index is 0.143. The second-order valence-corrected chi connectivity index (χ2v) is 6.91. The fraction of sp³-hybridized carbons (Fsp3) is 0.938. The van der Waals surface area contributed by atoms with Crippen LogP contribution in [0.25, 0.3) is 0 Å². The Morgan fingerprint density at radius 1 is 1.30 bits per heavy atom. The van der Waals surface area contributed by atoms with Crippen molar-refractivity contribution >= 4 is 5.91 Å². The monoisotopic (exact) mass is 283 g/mol. The molecule has 20 heavy (non-hydrogen) atoms. The van der Waals surface area contributed by atoms with Crippen molar-refractivity contribution < 1.29 is 4.79 Å². The van der Waals surface area contributed by atoms with Crippen LogP contribution in [0.5, 0.6) is 0 Å². The summed E-state index contributed by atoms with van der Waals surface area (Å²) >= 11 is 0. The third-order valence-electron chi connectivity index (χ3n) is 4.12. The van der Waals surface area contributed by atoms with Gasteiger partial charge in [0.05, 0.1) is 5.41 Å². The molecular weight excluding hydrogens is 250 g/mol. The minimum Gasteiger partial charge on any atom is -0.341 e. The van der Waals surface area contributed by atoms with E-state index >= 15 is 0 Å². The van der Waals surface area contributed by atoms with E-state index in [0.29, 0.717) is 11.8 Å². The van der Waals surface area contributed by atoms with Gasteiger partial charge < -0.3 is 15.1 Å². The van der Waals surface area contributed by atoms with Gasteiger partial charge in [0.1, 0.15) is 0 Å². The van der Waals surface area contributed by atoms with Crippen LogP contribution in [-0.4, -0.2) is 62.5 Å². The molecule has 1 aliphatic rings. The topological polar surface area (TPSA) is 35.6 Å². The largest absolute Gasteiger partial charge is 0.341 e. The van der Waals surface area contributed by atoms with Gasteiger partial charge in [0.25, 0.3) is 0 Å². The van der Waals surface area contributed by atoms with E-state index in [9.17, 15) is 4.79 Å². The van der Waals surface area contributed by atoms with Crippen LogP contribution in [-0.2, 0) is 4.79 Å². The van der Waals surface area contributed by atoms with Crippen molar-refractivity contribution in [3.63, 3.8) is 0 Å². The molecule has 0 aromatic rings. The number of amides is 1. The van der Waals surface area contributed by atoms with Crippen molar-refractivity contribution in [2.45, 2.75) is 40.0 Å². The average Bonchev–Trinajstić information content (AvgIpc) is 2.83. The van der Waals surface area contributed by atoms with Crippen LogP contribution in [0.1, 0.15) is 40.0 Å². The van der Waals surface area contributed by atoms with Gasteiger partial charge in [-0.25, -0.2) is 0 Å². The summed E-state index contributed by atoms with van der Waals surface area (Å²) in [4.78, 5) is 17.3. The van der Waals surface area contributed by atoms with Crippen molar-refractivity contribution in [3.05, 3.63) is 0 Å². The second-order valence-electron chi connectivity index (χ2n) is 6.91. The van der Waals surface area contributed by atoms with Crippen LogP contribution in [0.2, 0.25) is 0 Å². The van der Waals surface area contributed by atoms with Crippen LogP contribution in [0, 0.1) is 11.3 Å². The highest BCUT2D eigenvalue weighted by Gasteiger charge is 2.42. The van der Waals surface area contributed by atoms with Gasteiger partial charge in [-0.2, -0.15) is 0 Å².